The number of nitrogens with zero attached hydrogens (tertiary/aromatic N) is 3. The zero-order chi connectivity index (χ0) is 14.6. The van der Waals surface area contributed by atoms with Crippen LogP contribution in [0.1, 0.15) is 19.0 Å². The molecular formula is C13H13F3N4. The highest BCUT2D eigenvalue weighted by atomic mass is 19.4. The molecule has 7 heteroatoms. The smallest absolute Gasteiger partial charge is 0.370 e. The van der Waals surface area contributed by atoms with Crippen LogP contribution in [0.5, 0.6) is 0 Å². The second kappa shape index (κ2) is 5.85. The predicted molar refractivity (Wildman–Crippen MR) is 69.0 cm³/mol. The molecule has 0 aliphatic heterocycles. The number of halogens is 3. The first-order valence-corrected chi connectivity index (χ1v) is 6.10. The summed E-state index contributed by atoms with van der Waals surface area (Å²) in [5.41, 5.74) is -0.155. The molecule has 0 unspecified atom stereocenters. The summed E-state index contributed by atoms with van der Waals surface area (Å²) in [6.45, 7) is 2.74. The van der Waals surface area contributed by atoms with Gasteiger partial charge >= 0.3 is 6.18 Å². The van der Waals surface area contributed by atoms with Crippen molar-refractivity contribution in [3.05, 3.63) is 36.4 Å². The Morgan fingerprint density at radius 3 is 2.65 bits per heavy atom. The molecule has 2 aromatic rings. The molecule has 0 aliphatic carbocycles. The van der Waals surface area contributed by atoms with Crippen molar-refractivity contribution in [3.8, 4) is 11.3 Å². The minimum Gasteiger partial charge on any atom is -0.370 e. The van der Waals surface area contributed by atoms with Gasteiger partial charge in [-0.1, -0.05) is 6.92 Å². The molecule has 20 heavy (non-hydrogen) atoms. The largest absolute Gasteiger partial charge is 0.433 e. The van der Waals surface area contributed by atoms with Crippen LogP contribution in [-0.2, 0) is 6.18 Å². The second-order valence-corrected chi connectivity index (χ2v) is 4.14. The van der Waals surface area contributed by atoms with Gasteiger partial charge in [0.05, 0.1) is 5.69 Å². The summed E-state index contributed by atoms with van der Waals surface area (Å²) in [4.78, 5) is 11.3. The van der Waals surface area contributed by atoms with Crippen LogP contribution in [0.2, 0.25) is 0 Å². The average Bonchev–Trinajstić information content (AvgIpc) is 2.45. The number of hydrogen-bond acceptors (Lipinski definition) is 4. The number of anilines is 1. The standard InChI is InChI=1S/C13H13F3N4/c1-2-4-18-12-7-10(19-8-20-12)9-3-5-17-11(6-9)13(14,15)16/h3,5-8H,2,4H2,1H3,(H,18,19,20). The van der Waals surface area contributed by atoms with Crippen LogP contribution in [0.15, 0.2) is 30.7 Å². The first-order valence-electron chi connectivity index (χ1n) is 6.10. The van der Waals surface area contributed by atoms with Crippen molar-refractivity contribution >= 4 is 5.82 Å². The van der Waals surface area contributed by atoms with Gasteiger partial charge in [-0.3, -0.25) is 4.98 Å². The number of alkyl halides is 3. The SMILES string of the molecule is CCCNc1cc(-c2ccnc(C(F)(F)F)c2)ncn1. The van der Waals surface area contributed by atoms with Crippen molar-refractivity contribution in [2.24, 2.45) is 0 Å². The van der Waals surface area contributed by atoms with E-state index in [0.29, 0.717) is 17.1 Å². The Balaban J connectivity index is 2.32. The van der Waals surface area contributed by atoms with Gasteiger partial charge in [-0.25, -0.2) is 9.97 Å². The summed E-state index contributed by atoms with van der Waals surface area (Å²) in [5, 5.41) is 3.06. The Kier molecular flexibility index (Phi) is 4.16. The van der Waals surface area contributed by atoms with E-state index in [0.717, 1.165) is 25.2 Å². The molecule has 0 bridgehead atoms. The number of aromatic nitrogens is 3. The topological polar surface area (TPSA) is 50.7 Å². The quantitative estimate of drug-likeness (QED) is 0.934. The molecule has 0 radical (unpaired) electrons. The summed E-state index contributed by atoms with van der Waals surface area (Å²) in [6.07, 6.45) is -1.10. The fourth-order valence-corrected chi connectivity index (χ4v) is 1.61. The summed E-state index contributed by atoms with van der Waals surface area (Å²) in [7, 11) is 0. The fraction of sp³-hybridized carbons (Fsp3) is 0.308. The van der Waals surface area contributed by atoms with E-state index in [9.17, 15) is 13.2 Å². The molecule has 2 aromatic heterocycles. The van der Waals surface area contributed by atoms with Crippen LogP contribution in [0.3, 0.4) is 0 Å². The zero-order valence-corrected chi connectivity index (χ0v) is 10.8. The van der Waals surface area contributed by atoms with Gasteiger partial charge in [0.15, 0.2) is 0 Å². The van der Waals surface area contributed by atoms with Crippen molar-refractivity contribution in [1.29, 1.82) is 0 Å². The zero-order valence-electron chi connectivity index (χ0n) is 10.8. The molecule has 106 valence electrons. The van der Waals surface area contributed by atoms with Crippen LogP contribution in [0.4, 0.5) is 19.0 Å². The molecule has 0 amide bonds. The Bertz CT molecular complexity index is 584. The van der Waals surface area contributed by atoms with E-state index < -0.39 is 11.9 Å². The van der Waals surface area contributed by atoms with E-state index in [1.807, 2.05) is 6.92 Å². The van der Waals surface area contributed by atoms with Gasteiger partial charge < -0.3 is 5.32 Å². The Hall–Kier alpha value is -2.18. The third-order valence-corrected chi connectivity index (χ3v) is 2.57. The van der Waals surface area contributed by atoms with Crippen molar-refractivity contribution < 1.29 is 13.2 Å². The third kappa shape index (κ3) is 3.43. The predicted octanol–water partition coefficient (Wildman–Crippen LogP) is 3.38. The van der Waals surface area contributed by atoms with Crippen molar-refractivity contribution in [3.63, 3.8) is 0 Å². The summed E-state index contributed by atoms with van der Waals surface area (Å²) in [6, 6.07) is 4.08. The molecule has 0 saturated carbocycles. The van der Waals surface area contributed by atoms with E-state index in [1.54, 1.807) is 6.07 Å². The van der Waals surface area contributed by atoms with Gasteiger partial charge in [0.25, 0.3) is 0 Å². The minimum atomic E-state index is -4.47. The lowest BCUT2D eigenvalue weighted by Gasteiger charge is -2.08. The van der Waals surface area contributed by atoms with Crippen molar-refractivity contribution in [2.45, 2.75) is 19.5 Å². The molecule has 0 aliphatic rings. The van der Waals surface area contributed by atoms with E-state index in [-0.39, 0.29) is 0 Å². The Labute approximate surface area is 114 Å². The maximum absolute atomic E-state index is 12.6. The third-order valence-electron chi connectivity index (χ3n) is 2.57. The summed E-state index contributed by atoms with van der Waals surface area (Å²) in [5.74, 6) is 0.585. The molecular weight excluding hydrogens is 269 g/mol. The number of pyridine rings is 1. The monoisotopic (exact) mass is 282 g/mol. The van der Waals surface area contributed by atoms with Gasteiger partial charge in [0.1, 0.15) is 17.8 Å². The maximum atomic E-state index is 12.6. The first-order chi connectivity index (χ1) is 9.50. The Morgan fingerprint density at radius 1 is 1.15 bits per heavy atom. The lowest BCUT2D eigenvalue weighted by molar-refractivity contribution is -0.141. The van der Waals surface area contributed by atoms with Gasteiger partial charge in [0.2, 0.25) is 0 Å². The Morgan fingerprint density at radius 2 is 1.95 bits per heavy atom. The molecule has 0 atom stereocenters. The van der Waals surface area contributed by atoms with E-state index in [1.165, 1.54) is 12.4 Å². The van der Waals surface area contributed by atoms with Crippen LogP contribution in [-0.4, -0.2) is 21.5 Å². The van der Waals surface area contributed by atoms with Crippen molar-refractivity contribution in [1.82, 2.24) is 15.0 Å². The molecule has 2 heterocycles. The molecule has 0 saturated heterocycles. The van der Waals surface area contributed by atoms with Crippen LogP contribution >= 0.6 is 0 Å². The number of nitrogens with one attached hydrogen (secondary N) is 1. The lowest BCUT2D eigenvalue weighted by atomic mass is 10.1. The molecule has 1 N–H and O–H groups in total. The van der Waals surface area contributed by atoms with Crippen LogP contribution in [0, 0.1) is 0 Å². The molecule has 4 nitrogen and oxygen atoms in total. The molecule has 0 fully saturated rings. The highest BCUT2D eigenvalue weighted by Gasteiger charge is 2.32. The lowest BCUT2D eigenvalue weighted by Crippen LogP contribution is -2.07. The van der Waals surface area contributed by atoms with Gasteiger partial charge in [-0.05, 0) is 18.6 Å². The molecule has 0 spiro atoms. The van der Waals surface area contributed by atoms with Gasteiger partial charge in [0, 0.05) is 24.4 Å². The van der Waals surface area contributed by atoms with Crippen LogP contribution in [0.25, 0.3) is 11.3 Å². The summed E-state index contributed by atoms with van der Waals surface area (Å²) < 4.78 is 37.9. The second-order valence-electron chi connectivity index (χ2n) is 4.14. The molecule has 0 aromatic carbocycles. The van der Waals surface area contributed by atoms with Gasteiger partial charge in [-0.2, -0.15) is 13.2 Å². The van der Waals surface area contributed by atoms with E-state index in [4.69, 9.17) is 0 Å². The number of rotatable bonds is 4. The first kappa shape index (κ1) is 14.2. The summed E-state index contributed by atoms with van der Waals surface area (Å²) >= 11 is 0. The van der Waals surface area contributed by atoms with Gasteiger partial charge in [-0.15, -0.1) is 0 Å². The highest BCUT2D eigenvalue weighted by Crippen LogP contribution is 2.30. The van der Waals surface area contributed by atoms with Crippen LogP contribution < -0.4 is 5.32 Å². The molecule has 2 rings (SSSR count). The van der Waals surface area contributed by atoms with E-state index in [2.05, 4.69) is 20.3 Å². The maximum Gasteiger partial charge on any atom is 0.433 e. The average molecular weight is 282 g/mol. The highest BCUT2D eigenvalue weighted by molar-refractivity contribution is 5.62. The minimum absolute atomic E-state index is 0.356. The number of hydrogen-bond donors (Lipinski definition) is 1. The van der Waals surface area contributed by atoms with E-state index >= 15 is 0 Å². The normalized spacial score (nSPS) is 11.4. The fourth-order valence-electron chi connectivity index (χ4n) is 1.61. The van der Waals surface area contributed by atoms with Crippen molar-refractivity contribution in [2.75, 3.05) is 11.9 Å².